The number of hydrogen-bond acceptors (Lipinski definition) is 4. The number of benzene rings is 1. The summed E-state index contributed by atoms with van der Waals surface area (Å²) >= 11 is 6.34. The van der Waals surface area contributed by atoms with Crippen LogP contribution in [0.15, 0.2) is 35.3 Å². The molecule has 0 bridgehead atoms. The van der Waals surface area contributed by atoms with Crippen LogP contribution in [0.2, 0.25) is 0 Å². The fraction of sp³-hybridized carbons (Fsp3) is 0.500. The largest absolute Gasteiger partial charge is 0.328 e. The molecule has 2 aliphatic heterocycles. The van der Waals surface area contributed by atoms with Gasteiger partial charge in [0.25, 0.3) is 5.91 Å². The zero-order valence-electron chi connectivity index (χ0n) is 14.4. The van der Waals surface area contributed by atoms with Crippen molar-refractivity contribution in [3.63, 3.8) is 0 Å². The van der Waals surface area contributed by atoms with Crippen molar-refractivity contribution in [2.24, 2.45) is 4.99 Å². The van der Waals surface area contributed by atoms with Gasteiger partial charge in [0.1, 0.15) is 0 Å². The molecule has 0 radical (unpaired) electrons. The number of fused-ring (bicyclic) bond motifs is 1. The Balaban J connectivity index is 1.60. The fourth-order valence-corrected chi connectivity index (χ4v) is 4.12. The molecule has 1 aromatic rings. The Morgan fingerprint density at radius 1 is 1.24 bits per heavy atom. The molecule has 7 heteroatoms. The summed E-state index contributed by atoms with van der Waals surface area (Å²) in [4.78, 5) is 35.3. The van der Waals surface area contributed by atoms with E-state index in [-0.39, 0.29) is 18.0 Å². The van der Waals surface area contributed by atoms with E-state index >= 15 is 0 Å². The first-order valence-electron chi connectivity index (χ1n) is 8.60. The molecule has 2 atom stereocenters. The number of amidine groups is 1. The monoisotopic (exact) mass is 360 g/mol. The second-order valence-electron chi connectivity index (χ2n) is 7.08. The van der Waals surface area contributed by atoms with Crippen molar-refractivity contribution in [2.75, 3.05) is 13.6 Å². The van der Waals surface area contributed by atoms with Gasteiger partial charge in [-0.1, -0.05) is 30.3 Å². The van der Waals surface area contributed by atoms with Gasteiger partial charge in [0, 0.05) is 19.6 Å². The van der Waals surface area contributed by atoms with Crippen LogP contribution in [0.3, 0.4) is 0 Å². The van der Waals surface area contributed by atoms with Gasteiger partial charge in [-0.05, 0) is 43.4 Å². The molecule has 6 nitrogen and oxygen atoms in total. The molecular weight excluding hydrogens is 340 g/mol. The van der Waals surface area contributed by atoms with Crippen molar-refractivity contribution in [2.45, 2.75) is 43.9 Å². The molecule has 0 N–H and O–H groups in total. The summed E-state index contributed by atoms with van der Waals surface area (Å²) in [6.07, 6.45) is 2.65. The lowest BCUT2D eigenvalue weighted by molar-refractivity contribution is -0.141. The molecule has 1 saturated heterocycles. The van der Waals surface area contributed by atoms with E-state index in [1.807, 2.05) is 42.2 Å². The molecule has 3 aliphatic rings. The number of rotatable bonds is 4. The standard InChI is InChI=1S/C18H21ClN4O2/c1-18-14(23(13-8-9-13)16(19)20-18)15(24)22(17(25)21(18)2)11-10-12-6-4-3-5-7-12/h3-7,13-14H,8-11H2,1-2H3. The highest BCUT2D eigenvalue weighted by molar-refractivity contribution is 6.65. The lowest BCUT2D eigenvalue weighted by atomic mass is 9.96. The molecule has 25 heavy (non-hydrogen) atoms. The molecule has 4 rings (SSSR count). The van der Waals surface area contributed by atoms with Crippen LogP contribution < -0.4 is 0 Å². The normalized spacial score (nSPS) is 29.2. The van der Waals surface area contributed by atoms with Crippen LogP contribution in [0, 0.1) is 0 Å². The maximum absolute atomic E-state index is 13.2. The molecule has 132 valence electrons. The first-order chi connectivity index (χ1) is 11.9. The third-order valence-electron chi connectivity index (χ3n) is 5.43. The number of amides is 3. The minimum atomic E-state index is -0.933. The molecular formula is C18H21ClN4O2. The van der Waals surface area contributed by atoms with E-state index in [1.54, 1.807) is 11.9 Å². The Labute approximate surface area is 152 Å². The number of likely N-dealkylation sites (N-methyl/N-ethyl adjacent to an activating group) is 1. The predicted molar refractivity (Wildman–Crippen MR) is 95.4 cm³/mol. The zero-order valence-corrected chi connectivity index (χ0v) is 15.1. The lowest BCUT2D eigenvalue weighted by Gasteiger charge is -2.47. The second kappa shape index (κ2) is 5.73. The third kappa shape index (κ3) is 2.51. The van der Waals surface area contributed by atoms with Crippen molar-refractivity contribution in [3.05, 3.63) is 35.9 Å². The van der Waals surface area contributed by atoms with Crippen molar-refractivity contribution in [1.29, 1.82) is 0 Å². The van der Waals surface area contributed by atoms with Gasteiger partial charge in [-0.3, -0.25) is 9.69 Å². The molecule has 1 aliphatic carbocycles. The first-order valence-corrected chi connectivity index (χ1v) is 8.98. The number of hydrogen-bond donors (Lipinski definition) is 0. The van der Waals surface area contributed by atoms with Gasteiger partial charge in [-0.2, -0.15) is 0 Å². The smallest absolute Gasteiger partial charge is 0.328 e. The van der Waals surface area contributed by atoms with Crippen molar-refractivity contribution in [1.82, 2.24) is 14.7 Å². The first kappa shape index (κ1) is 16.4. The van der Waals surface area contributed by atoms with Crippen molar-refractivity contribution >= 4 is 28.8 Å². The van der Waals surface area contributed by atoms with Crippen LogP contribution in [0.1, 0.15) is 25.3 Å². The van der Waals surface area contributed by atoms with Crippen molar-refractivity contribution < 1.29 is 9.59 Å². The Morgan fingerprint density at radius 2 is 1.92 bits per heavy atom. The summed E-state index contributed by atoms with van der Waals surface area (Å²) in [5.41, 5.74) is 0.163. The van der Waals surface area contributed by atoms with E-state index < -0.39 is 11.7 Å². The molecule has 2 heterocycles. The Hall–Kier alpha value is -2.08. The lowest BCUT2D eigenvalue weighted by Crippen LogP contribution is -2.70. The Morgan fingerprint density at radius 3 is 2.56 bits per heavy atom. The SMILES string of the molecule is CN1C(=O)N(CCc2ccccc2)C(=O)C2N(C3CC3)C(Cl)=NC21C. The average Bonchev–Trinajstić information content (AvgIpc) is 3.38. The minimum Gasteiger partial charge on any atom is -0.328 e. The van der Waals surface area contributed by atoms with Crippen LogP contribution in [0.25, 0.3) is 0 Å². The Bertz CT molecular complexity index is 749. The number of nitrogens with zero attached hydrogens (tertiary/aromatic N) is 4. The number of carbonyl (C=O) groups is 2. The minimum absolute atomic E-state index is 0.201. The van der Waals surface area contributed by atoms with Crippen LogP contribution in [-0.2, 0) is 11.2 Å². The van der Waals surface area contributed by atoms with Gasteiger partial charge < -0.3 is 9.80 Å². The number of carbonyl (C=O) groups excluding carboxylic acids is 2. The predicted octanol–water partition coefficient (Wildman–Crippen LogP) is 2.28. The van der Waals surface area contributed by atoms with Crippen molar-refractivity contribution in [3.8, 4) is 0 Å². The van der Waals surface area contributed by atoms with Gasteiger partial charge in [0.15, 0.2) is 17.0 Å². The molecule has 2 fully saturated rings. The Kier molecular flexibility index (Phi) is 3.76. The van der Waals surface area contributed by atoms with Crippen LogP contribution in [-0.4, -0.2) is 63.3 Å². The van der Waals surface area contributed by atoms with Gasteiger partial charge in [-0.15, -0.1) is 0 Å². The van der Waals surface area contributed by atoms with Gasteiger partial charge in [0.05, 0.1) is 0 Å². The van der Waals surface area contributed by atoms with Gasteiger partial charge in [0.2, 0.25) is 0 Å². The van der Waals surface area contributed by atoms with E-state index in [1.165, 1.54) is 4.90 Å². The highest BCUT2D eigenvalue weighted by Gasteiger charge is 2.61. The highest BCUT2D eigenvalue weighted by atomic mass is 35.5. The summed E-state index contributed by atoms with van der Waals surface area (Å²) < 4.78 is 0. The summed E-state index contributed by atoms with van der Waals surface area (Å²) in [6, 6.07) is 9.26. The van der Waals surface area contributed by atoms with E-state index in [0.717, 1.165) is 18.4 Å². The zero-order chi connectivity index (χ0) is 17.8. The number of urea groups is 1. The van der Waals surface area contributed by atoms with E-state index in [9.17, 15) is 9.59 Å². The highest BCUT2D eigenvalue weighted by Crippen LogP contribution is 2.43. The van der Waals surface area contributed by atoms with Gasteiger partial charge in [-0.25, -0.2) is 9.79 Å². The van der Waals surface area contributed by atoms with E-state index in [4.69, 9.17) is 11.6 Å². The molecule has 0 spiro atoms. The molecule has 2 unspecified atom stereocenters. The maximum atomic E-state index is 13.2. The molecule has 1 aromatic carbocycles. The van der Waals surface area contributed by atoms with Crippen LogP contribution >= 0.6 is 11.6 Å². The number of halogens is 1. The van der Waals surface area contributed by atoms with E-state index in [0.29, 0.717) is 18.3 Å². The average molecular weight is 361 g/mol. The maximum Gasteiger partial charge on any atom is 0.328 e. The van der Waals surface area contributed by atoms with Crippen LogP contribution in [0.4, 0.5) is 4.79 Å². The number of imide groups is 1. The summed E-state index contributed by atoms with van der Waals surface area (Å²) in [5.74, 6) is -0.201. The molecule has 1 saturated carbocycles. The third-order valence-corrected chi connectivity index (χ3v) is 5.71. The van der Waals surface area contributed by atoms with Gasteiger partial charge >= 0.3 is 6.03 Å². The molecule has 0 aromatic heterocycles. The van der Waals surface area contributed by atoms with Crippen LogP contribution in [0.5, 0.6) is 0 Å². The summed E-state index contributed by atoms with van der Waals surface area (Å²) in [6.45, 7) is 2.17. The fourth-order valence-electron chi connectivity index (χ4n) is 3.71. The summed E-state index contributed by atoms with van der Waals surface area (Å²) in [5, 5.41) is 0.341. The molecule has 3 amide bonds. The number of aliphatic imine (C=N–C) groups is 1. The summed E-state index contributed by atoms with van der Waals surface area (Å²) in [7, 11) is 1.70. The van der Waals surface area contributed by atoms with E-state index in [2.05, 4.69) is 4.99 Å². The second-order valence-corrected chi connectivity index (χ2v) is 7.42. The quantitative estimate of drug-likeness (QED) is 0.774. The topological polar surface area (TPSA) is 56.2 Å².